The van der Waals surface area contributed by atoms with Crippen LogP contribution in [0.1, 0.15) is 45.2 Å². The Morgan fingerprint density at radius 3 is 2.50 bits per heavy atom. The van der Waals surface area contributed by atoms with Crippen molar-refractivity contribution in [2.24, 2.45) is 5.92 Å². The third-order valence-electron chi connectivity index (χ3n) is 2.47. The van der Waals surface area contributed by atoms with Crippen molar-refractivity contribution >= 4 is 5.82 Å². The summed E-state index contributed by atoms with van der Waals surface area (Å²) in [6.07, 6.45) is 2.44. The second-order valence-electron chi connectivity index (χ2n) is 4.36. The summed E-state index contributed by atoms with van der Waals surface area (Å²) in [5, 5.41) is 0. The molecule has 2 nitrogen and oxygen atoms in total. The number of anilines is 1. The predicted molar refractivity (Wildman–Crippen MR) is 61.1 cm³/mol. The Balaban J connectivity index is 2.56. The van der Waals surface area contributed by atoms with Gasteiger partial charge in [-0.1, -0.05) is 33.3 Å². The molecule has 0 radical (unpaired) electrons. The standard InChI is InChI=1S/C12H20N2/c1-9(2)7-8-10(3)11-5-4-6-12(13)14-11/h4-6,9-10H,7-8H2,1-3H3,(H2,13,14). The van der Waals surface area contributed by atoms with E-state index >= 15 is 0 Å². The summed E-state index contributed by atoms with van der Waals surface area (Å²) in [6, 6.07) is 5.86. The number of nitrogens with zero attached hydrogens (tertiary/aromatic N) is 1. The van der Waals surface area contributed by atoms with E-state index in [0.29, 0.717) is 11.7 Å². The summed E-state index contributed by atoms with van der Waals surface area (Å²) in [6.45, 7) is 6.71. The smallest absolute Gasteiger partial charge is 0.123 e. The molecule has 0 aliphatic heterocycles. The number of nitrogens with two attached hydrogens (primary N) is 1. The highest BCUT2D eigenvalue weighted by Crippen LogP contribution is 2.21. The lowest BCUT2D eigenvalue weighted by Crippen LogP contribution is -2.01. The van der Waals surface area contributed by atoms with Crippen molar-refractivity contribution in [3.8, 4) is 0 Å². The third-order valence-corrected chi connectivity index (χ3v) is 2.47. The highest BCUT2D eigenvalue weighted by molar-refractivity contribution is 5.29. The molecule has 0 saturated heterocycles. The fourth-order valence-corrected chi connectivity index (χ4v) is 1.47. The van der Waals surface area contributed by atoms with Crippen LogP contribution in [0.2, 0.25) is 0 Å². The highest BCUT2D eigenvalue weighted by Gasteiger charge is 2.07. The number of aromatic nitrogens is 1. The van der Waals surface area contributed by atoms with Gasteiger partial charge >= 0.3 is 0 Å². The van der Waals surface area contributed by atoms with Gasteiger partial charge in [-0.3, -0.25) is 0 Å². The van der Waals surface area contributed by atoms with Crippen molar-refractivity contribution in [3.05, 3.63) is 23.9 Å². The molecule has 1 aromatic rings. The summed E-state index contributed by atoms with van der Waals surface area (Å²) in [4.78, 5) is 4.33. The predicted octanol–water partition coefficient (Wildman–Crippen LogP) is 3.20. The fraction of sp³-hybridized carbons (Fsp3) is 0.583. The van der Waals surface area contributed by atoms with Gasteiger partial charge in [0.25, 0.3) is 0 Å². The number of hydrogen-bond donors (Lipinski definition) is 1. The second-order valence-corrected chi connectivity index (χ2v) is 4.36. The number of nitrogen functional groups attached to an aromatic ring is 1. The molecule has 0 aromatic carbocycles. The zero-order chi connectivity index (χ0) is 10.6. The Bertz CT molecular complexity index is 281. The van der Waals surface area contributed by atoms with E-state index in [1.807, 2.05) is 12.1 Å². The summed E-state index contributed by atoms with van der Waals surface area (Å²) in [5.74, 6) is 1.90. The molecule has 1 rings (SSSR count). The van der Waals surface area contributed by atoms with E-state index in [1.54, 1.807) is 0 Å². The van der Waals surface area contributed by atoms with Gasteiger partial charge < -0.3 is 5.73 Å². The lowest BCUT2D eigenvalue weighted by Gasteiger charge is -2.12. The summed E-state index contributed by atoms with van der Waals surface area (Å²) in [7, 11) is 0. The molecule has 1 aromatic heterocycles. The van der Waals surface area contributed by atoms with Crippen molar-refractivity contribution < 1.29 is 0 Å². The van der Waals surface area contributed by atoms with Gasteiger partial charge in [0.15, 0.2) is 0 Å². The average molecular weight is 192 g/mol. The van der Waals surface area contributed by atoms with E-state index in [4.69, 9.17) is 5.73 Å². The zero-order valence-electron chi connectivity index (χ0n) is 9.33. The van der Waals surface area contributed by atoms with Crippen LogP contribution >= 0.6 is 0 Å². The first-order valence-electron chi connectivity index (χ1n) is 5.32. The van der Waals surface area contributed by atoms with Crippen molar-refractivity contribution in [2.75, 3.05) is 5.73 Å². The molecule has 1 atom stereocenters. The molecule has 0 bridgehead atoms. The van der Waals surface area contributed by atoms with Crippen LogP contribution in [0.25, 0.3) is 0 Å². The molecule has 0 aliphatic rings. The number of hydrogen-bond acceptors (Lipinski definition) is 2. The van der Waals surface area contributed by atoms with E-state index in [2.05, 4.69) is 31.8 Å². The molecule has 1 unspecified atom stereocenters. The van der Waals surface area contributed by atoms with Crippen LogP contribution in [-0.4, -0.2) is 4.98 Å². The van der Waals surface area contributed by atoms with E-state index in [0.717, 1.165) is 11.6 Å². The van der Waals surface area contributed by atoms with Gasteiger partial charge in [-0.2, -0.15) is 0 Å². The fourth-order valence-electron chi connectivity index (χ4n) is 1.47. The molecular formula is C12H20N2. The first-order chi connectivity index (χ1) is 6.59. The third kappa shape index (κ3) is 3.36. The van der Waals surface area contributed by atoms with Gasteiger partial charge in [0.05, 0.1) is 0 Å². The number of pyridine rings is 1. The highest BCUT2D eigenvalue weighted by atomic mass is 14.8. The van der Waals surface area contributed by atoms with Crippen LogP contribution < -0.4 is 5.73 Å². The first kappa shape index (κ1) is 11.0. The monoisotopic (exact) mass is 192 g/mol. The van der Waals surface area contributed by atoms with Crippen molar-refractivity contribution in [2.45, 2.75) is 39.5 Å². The Hall–Kier alpha value is -1.05. The van der Waals surface area contributed by atoms with Gasteiger partial charge in [-0.25, -0.2) is 4.98 Å². The molecule has 2 heteroatoms. The molecule has 0 saturated carbocycles. The molecule has 14 heavy (non-hydrogen) atoms. The Morgan fingerprint density at radius 1 is 1.21 bits per heavy atom. The van der Waals surface area contributed by atoms with E-state index in [9.17, 15) is 0 Å². The average Bonchev–Trinajstić information content (AvgIpc) is 2.14. The molecular weight excluding hydrogens is 172 g/mol. The Labute approximate surface area is 86.5 Å². The maximum Gasteiger partial charge on any atom is 0.123 e. The van der Waals surface area contributed by atoms with Crippen molar-refractivity contribution in [3.63, 3.8) is 0 Å². The number of rotatable bonds is 4. The molecule has 2 N–H and O–H groups in total. The maximum absolute atomic E-state index is 5.64. The minimum absolute atomic E-state index is 0.515. The van der Waals surface area contributed by atoms with Crippen LogP contribution in [0.15, 0.2) is 18.2 Å². The molecule has 0 spiro atoms. The molecule has 0 aliphatic carbocycles. The first-order valence-corrected chi connectivity index (χ1v) is 5.32. The lowest BCUT2D eigenvalue weighted by molar-refractivity contribution is 0.512. The van der Waals surface area contributed by atoms with Crippen LogP contribution in [0.4, 0.5) is 5.82 Å². The van der Waals surface area contributed by atoms with Crippen molar-refractivity contribution in [1.82, 2.24) is 4.98 Å². The maximum atomic E-state index is 5.64. The topological polar surface area (TPSA) is 38.9 Å². The minimum atomic E-state index is 0.515. The zero-order valence-corrected chi connectivity index (χ0v) is 9.33. The Morgan fingerprint density at radius 2 is 1.93 bits per heavy atom. The van der Waals surface area contributed by atoms with Crippen LogP contribution in [-0.2, 0) is 0 Å². The van der Waals surface area contributed by atoms with Crippen LogP contribution in [0, 0.1) is 5.92 Å². The quantitative estimate of drug-likeness (QED) is 0.795. The van der Waals surface area contributed by atoms with E-state index < -0.39 is 0 Å². The minimum Gasteiger partial charge on any atom is -0.384 e. The van der Waals surface area contributed by atoms with E-state index in [1.165, 1.54) is 12.8 Å². The SMILES string of the molecule is CC(C)CCC(C)c1cccc(N)n1. The summed E-state index contributed by atoms with van der Waals surface area (Å²) in [5.41, 5.74) is 6.76. The Kier molecular flexibility index (Phi) is 3.93. The van der Waals surface area contributed by atoms with Crippen LogP contribution in [0.3, 0.4) is 0 Å². The van der Waals surface area contributed by atoms with Gasteiger partial charge in [0, 0.05) is 5.69 Å². The largest absolute Gasteiger partial charge is 0.384 e. The van der Waals surface area contributed by atoms with Gasteiger partial charge in [0.2, 0.25) is 0 Å². The molecule has 0 fully saturated rings. The second kappa shape index (κ2) is 4.99. The van der Waals surface area contributed by atoms with Gasteiger partial charge in [0.1, 0.15) is 5.82 Å². The molecule has 78 valence electrons. The molecule has 1 heterocycles. The molecule has 0 amide bonds. The lowest BCUT2D eigenvalue weighted by atomic mass is 9.96. The van der Waals surface area contributed by atoms with Gasteiger partial charge in [-0.15, -0.1) is 0 Å². The van der Waals surface area contributed by atoms with E-state index in [-0.39, 0.29) is 0 Å². The summed E-state index contributed by atoms with van der Waals surface area (Å²) < 4.78 is 0. The van der Waals surface area contributed by atoms with Crippen LogP contribution in [0.5, 0.6) is 0 Å². The van der Waals surface area contributed by atoms with Gasteiger partial charge in [-0.05, 0) is 30.4 Å². The normalized spacial score (nSPS) is 13.1. The van der Waals surface area contributed by atoms with Crippen molar-refractivity contribution in [1.29, 1.82) is 0 Å². The summed E-state index contributed by atoms with van der Waals surface area (Å²) >= 11 is 0.